The zero-order chi connectivity index (χ0) is 13.1. The standard InChI is InChI=1S/C12H25NO4/c1-2-3-4-5-6-13(7-11(16)9-14)8-12(17)10-15/h2,11-12,14-17H,1,3-10H2. The van der Waals surface area contributed by atoms with Crippen molar-refractivity contribution in [1.29, 1.82) is 0 Å². The van der Waals surface area contributed by atoms with Crippen molar-refractivity contribution >= 4 is 0 Å². The Morgan fingerprint density at radius 2 is 1.53 bits per heavy atom. The summed E-state index contributed by atoms with van der Waals surface area (Å²) in [5.41, 5.74) is 0. The monoisotopic (exact) mass is 247 g/mol. The van der Waals surface area contributed by atoms with Crippen LogP contribution in [0.3, 0.4) is 0 Å². The fourth-order valence-corrected chi connectivity index (χ4v) is 1.59. The number of allylic oxidation sites excluding steroid dienone is 1. The number of nitrogens with zero attached hydrogens (tertiary/aromatic N) is 1. The van der Waals surface area contributed by atoms with Gasteiger partial charge in [0.15, 0.2) is 0 Å². The number of unbranched alkanes of at least 4 members (excludes halogenated alkanes) is 2. The number of aliphatic hydroxyl groups excluding tert-OH is 4. The smallest absolute Gasteiger partial charge is 0.0897 e. The van der Waals surface area contributed by atoms with Gasteiger partial charge in [0.25, 0.3) is 0 Å². The van der Waals surface area contributed by atoms with Crippen LogP contribution in [0.15, 0.2) is 12.7 Å². The topological polar surface area (TPSA) is 84.2 Å². The van der Waals surface area contributed by atoms with Crippen molar-refractivity contribution in [2.75, 3.05) is 32.8 Å². The maximum absolute atomic E-state index is 9.36. The van der Waals surface area contributed by atoms with E-state index in [2.05, 4.69) is 6.58 Å². The highest BCUT2D eigenvalue weighted by Crippen LogP contribution is 2.02. The molecule has 17 heavy (non-hydrogen) atoms. The average molecular weight is 247 g/mol. The van der Waals surface area contributed by atoms with E-state index in [0.717, 1.165) is 25.8 Å². The summed E-state index contributed by atoms with van der Waals surface area (Å²) in [6, 6.07) is 0. The van der Waals surface area contributed by atoms with Crippen LogP contribution in [0.5, 0.6) is 0 Å². The van der Waals surface area contributed by atoms with Crippen LogP contribution in [0.25, 0.3) is 0 Å². The Bertz CT molecular complexity index is 177. The van der Waals surface area contributed by atoms with Crippen molar-refractivity contribution in [3.63, 3.8) is 0 Å². The van der Waals surface area contributed by atoms with Gasteiger partial charge >= 0.3 is 0 Å². The summed E-state index contributed by atoms with van der Waals surface area (Å²) in [7, 11) is 0. The molecule has 0 fully saturated rings. The molecule has 0 saturated carbocycles. The van der Waals surface area contributed by atoms with Crippen LogP contribution in [-0.2, 0) is 0 Å². The van der Waals surface area contributed by atoms with Gasteiger partial charge in [-0.15, -0.1) is 6.58 Å². The fraction of sp³-hybridized carbons (Fsp3) is 0.833. The van der Waals surface area contributed by atoms with Gasteiger partial charge in [-0.25, -0.2) is 0 Å². The van der Waals surface area contributed by atoms with Gasteiger partial charge in [-0.1, -0.05) is 6.08 Å². The van der Waals surface area contributed by atoms with Crippen LogP contribution >= 0.6 is 0 Å². The first-order valence-electron chi connectivity index (χ1n) is 6.05. The summed E-state index contributed by atoms with van der Waals surface area (Å²) < 4.78 is 0. The van der Waals surface area contributed by atoms with Crippen LogP contribution in [-0.4, -0.2) is 70.4 Å². The number of aliphatic hydroxyl groups is 4. The second-order valence-electron chi connectivity index (χ2n) is 4.22. The molecule has 2 unspecified atom stereocenters. The maximum atomic E-state index is 9.36. The normalized spacial score (nSPS) is 14.9. The lowest BCUT2D eigenvalue weighted by atomic mass is 10.2. The predicted octanol–water partition coefficient (Wildman–Crippen LogP) is -0.649. The Morgan fingerprint density at radius 1 is 1.00 bits per heavy atom. The molecule has 0 saturated heterocycles. The van der Waals surface area contributed by atoms with E-state index in [-0.39, 0.29) is 13.2 Å². The van der Waals surface area contributed by atoms with E-state index in [0.29, 0.717) is 13.1 Å². The average Bonchev–Trinajstić information content (AvgIpc) is 2.33. The van der Waals surface area contributed by atoms with Crippen molar-refractivity contribution < 1.29 is 20.4 Å². The first-order chi connectivity index (χ1) is 8.13. The summed E-state index contributed by atoms with van der Waals surface area (Å²) in [5.74, 6) is 0. The van der Waals surface area contributed by atoms with Crippen LogP contribution < -0.4 is 0 Å². The minimum atomic E-state index is -0.805. The molecule has 0 aromatic carbocycles. The molecule has 5 nitrogen and oxygen atoms in total. The highest BCUT2D eigenvalue weighted by atomic mass is 16.3. The molecular formula is C12H25NO4. The molecule has 5 heteroatoms. The van der Waals surface area contributed by atoms with E-state index in [9.17, 15) is 10.2 Å². The predicted molar refractivity (Wildman–Crippen MR) is 66.7 cm³/mol. The lowest BCUT2D eigenvalue weighted by molar-refractivity contribution is 0.0228. The van der Waals surface area contributed by atoms with Gasteiger partial charge in [-0.2, -0.15) is 0 Å². The van der Waals surface area contributed by atoms with Gasteiger partial charge < -0.3 is 20.4 Å². The molecule has 0 bridgehead atoms. The Morgan fingerprint density at radius 3 is 1.94 bits per heavy atom. The molecule has 0 amide bonds. The lowest BCUT2D eigenvalue weighted by Crippen LogP contribution is -2.40. The number of hydrogen-bond donors (Lipinski definition) is 4. The minimum absolute atomic E-state index is 0.293. The van der Waals surface area contributed by atoms with E-state index in [1.165, 1.54) is 0 Å². The molecule has 102 valence electrons. The maximum Gasteiger partial charge on any atom is 0.0897 e. The quantitative estimate of drug-likeness (QED) is 0.288. The molecule has 0 radical (unpaired) electrons. The SMILES string of the molecule is C=CCCCCN(CC(O)CO)CC(O)CO. The Balaban J connectivity index is 3.96. The first-order valence-corrected chi connectivity index (χ1v) is 6.05. The molecular weight excluding hydrogens is 222 g/mol. The molecule has 0 aliphatic carbocycles. The molecule has 0 spiro atoms. The van der Waals surface area contributed by atoms with Crippen molar-refractivity contribution in [1.82, 2.24) is 4.90 Å². The molecule has 0 rings (SSSR count). The van der Waals surface area contributed by atoms with E-state index in [4.69, 9.17) is 10.2 Å². The fourth-order valence-electron chi connectivity index (χ4n) is 1.59. The van der Waals surface area contributed by atoms with Crippen molar-refractivity contribution in [3.05, 3.63) is 12.7 Å². The van der Waals surface area contributed by atoms with Gasteiger partial charge in [0, 0.05) is 13.1 Å². The van der Waals surface area contributed by atoms with Gasteiger partial charge in [-0.3, -0.25) is 4.90 Å². The Labute approximate surface area is 103 Å². The van der Waals surface area contributed by atoms with Gasteiger partial charge in [0.2, 0.25) is 0 Å². The van der Waals surface area contributed by atoms with Crippen molar-refractivity contribution in [2.24, 2.45) is 0 Å². The number of rotatable bonds is 11. The highest BCUT2D eigenvalue weighted by Gasteiger charge is 2.14. The minimum Gasteiger partial charge on any atom is -0.394 e. The zero-order valence-electron chi connectivity index (χ0n) is 10.3. The summed E-state index contributed by atoms with van der Waals surface area (Å²) >= 11 is 0. The third-order valence-electron chi connectivity index (χ3n) is 2.49. The van der Waals surface area contributed by atoms with Crippen molar-refractivity contribution in [3.8, 4) is 0 Å². The van der Waals surface area contributed by atoms with E-state index >= 15 is 0 Å². The molecule has 0 aliphatic rings. The van der Waals surface area contributed by atoms with Crippen LogP contribution in [0.4, 0.5) is 0 Å². The first kappa shape index (κ1) is 16.5. The van der Waals surface area contributed by atoms with Crippen LogP contribution in [0.2, 0.25) is 0 Å². The second-order valence-corrected chi connectivity index (χ2v) is 4.22. The second kappa shape index (κ2) is 10.7. The Hall–Kier alpha value is -0.460. The molecule has 0 aromatic rings. The molecule has 0 heterocycles. The van der Waals surface area contributed by atoms with E-state index in [1.54, 1.807) is 0 Å². The summed E-state index contributed by atoms with van der Waals surface area (Å²) in [6.45, 7) is 4.39. The van der Waals surface area contributed by atoms with Crippen LogP contribution in [0, 0.1) is 0 Å². The van der Waals surface area contributed by atoms with Gasteiger partial charge in [0.05, 0.1) is 25.4 Å². The summed E-state index contributed by atoms with van der Waals surface area (Å²) in [5, 5.41) is 36.3. The van der Waals surface area contributed by atoms with Crippen molar-refractivity contribution in [2.45, 2.75) is 31.5 Å². The van der Waals surface area contributed by atoms with E-state index < -0.39 is 12.2 Å². The number of hydrogen-bond acceptors (Lipinski definition) is 5. The molecule has 0 aromatic heterocycles. The van der Waals surface area contributed by atoms with Gasteiger partial charge in [-0.05, 0) is 25.8 Å². The molecule has 2 atom stereocenters. The molecule has 0 aliphatic heterocycles. The summed E-state index contributed by atoms with van der Waals surface area (Å²) in [6.07, 6.45) is 3.13. The Kier molecular flexibility index (Phi) is 10.4. The third kappa shape index (κ3) is 9.26. The summed E-state index contributed by atoms with van der Waals surface area (Å²) in [4.78, 5) is 1.85. The highest BCUT2D eigenvalue weighted by molar-refractivity contribution is 4.70. The van der Waals surface area contributed by atoms with E-state index in [1.807, 2.05) is 11.0 Å². The largest absolute Gasteiger partial charge is 0.394 e. The van der Waals surface area contributed by atoms with Crippen LogP contribution in [0.1, 0.15) is 19.3 Å². The van der Waals surface area contributed by atoms with Gasteiger partial charge in [0.1, 0.15) is 0 Å². The lowest BCUT2D eigenvalue weighted by Gasteiger charge is -2.26. The zero-order valence-corrected chi connectivity index (χ0v) is 10.3. The molecule has 4 N–H and O–H groups in total. The third-order valence-corrected chi connectivity index (χ3v) is 2.49.